The van der Waals surface area contributed by atoms with Gasteiger partial charge in [-0.25, -0.2) is 4.98 Å². The number of nitrogens with zero attached hydrogens (tertiary/aromatic N) is 3. The zero-order valence-corrected chi connectivity index (χ0v) is 31.2. The maximum atomic E-state index is 13.1. The fraction of sp³-hybridized carbons (Fsp3) is 0.400. The molecule has 0 spiro atoms. The molecule has 6 atom stereocenters. The number of aliphatic hydroxyl groups excluding tert-OH is 1. The quantitative estimate of drug-likeness (QED) is 0.159. The molecule has 2 aliphatic heterocycles. The van der Waals surface area contributed by atoms with Crippen LogP contribution in [0.15, 0.2) is 103 Å². The van der Waals surface area contributed by atoms with E-state index < -0.39 is 6.29 Å². The van der Waals surface area contributed by atoms with E-state index in [4.69, 9.17) is 9.47 Å². The fourth-order valence-corrected chi connectivity index (χ4v) is 9.46. The Labute approximate surface area is 312 Å². The van der Waals surface area contributed by atoms with Crippen LogP contribution in [0.3, 0.4) is 0 Å². The lowest BCUT2D eigenvalue weighted by Gasteiger charge is -2.43. The van der Waals surface area contributed by atoms with Crippen molar-refractivity contribution in [3.63, 3.8) is 0 Å². The molecule has 8 rings (SSSR count). The van der Waals surface area contributed by atoms with Gasteiger partial charge in [0.05, 0.1) is 36.0 Å². The Morgan fingerprint density at radius 1 is 0.887 bits per heavy atom. The molecule has 1 aliphatic carbocycles. The highest BCUT2D eigenvalue weighted by atomic mass is 16.7. The molecule has 1 aromatic heterocycles. The summed E-state index contributed by atoms with van der Waals surface area (Å²) < 4.78 is 13.7. The minimum atomic E-state index is -0.528. The number of carbonyl (C=O) groups is 1. The summed E-state index contributed by atoms with van der Waals surface area (Å²) in [6.45, 7) is 11.9. The van der Waals surface area contributed by atoms with E-state index in [1.165, 1.54) is 25.5 Å². The Kier molecular flexibility index (Phi) is 9.66. The van der Waals surface area contributed by atoms with Crippen molar-refractivity contribution in [1.29, 1.82) is 0 Å². The number of carbonyl (C=O) groups excluding carboxylic acids is 1. The second-order valence-corrected chi connectivity index (χ2v) is 16.7. The minimum Gasteiger partial charge on any atom is -0.392 e. The molecule has 8 heteroatoms. The summed E-state index contributed by atoms with van der Waals surface area (Å²) in [6, 6.07) is 32.8. The number of para-hydroxylation sites is 2. The predicted molar refractivity (Wildman–Crippen MR) is 207 cm³/mol. The highest BCUT2D eigenvalue weighted by Crippen LogP contribution is 2.53. The molecule has 2 N–H and O–H groups in total. The summed E-state index contributed by atoms with van der Waals surface area (Å²) in [5, 5.41) is 12.7. The van der Waals surface area contributed by atoms with E-state index >= 15 is 0 Å². The van der Waals surface area contributed by atoms with Crippen LogP contribution >= 0.6 is 0 Å². The van der Waals surface area contributed by atoms with Crippen molar-refractivity contribution in [2.45, 2.75) is 84.6 Å². The number of likely N-dealkylation sites (tertiary alicyclic amines) is 1. The first-order valence-corrected chi connectivity index (χ1v) is 19.0. The summed E-state index contributed by atoms with van der Waals surface area (Å²) in [4.78, 5) is 24.7. The van der Waals surface area contributed by atoms with Crippen LogP contribution in [0.25, 0.3) is 22.2 Å². The number of nitrogens with one attached hydrogen (secondary N) is 1. The van der Waals surface area contributed by atoms with Crippen molar-refractivity contribution in [1.82, 2.24) is 20.2 Å². The summed E-state index contributed by atoms with van der Waals surface area (Å²) in [6.07, 6.45) is 4.57. The van der Waals surface area contributed by atoms with Gasteiger partial charge in [-0.05, 0) is 70.0 Å². The first kappa shape index (κ1) is 35.6. The molecule has 4 aromatic carbocycles. The average Bonchev–Trinajstić information content (AvgIpc) is 3.41. The van der Waals surface area contributed by atoms with E-state index in [1.807, 2.05) is 54.6 Å². The van der Waals surface area contributed by atoms with Crippen LogP contribution in [0.1, 0.15) is 92.1 Å². The highest BCUT2D eigenvalue weighted by Gasteiger charge is 2.51. The molecule has 53 heavy (non-hydrogen) atoms. The van der Waals surface area contributed by atoms with Crippen molar-refractivity contribution in [2.24, 2.45) is 16.7 Å². The third-order valence-corrected chi connectivity index (χ3v) is 11.7. The molecule has 1 amide bonds. The smallest absolute Gasteiger partial charge is 0.271 e. The van der Waals surface area contributed by atoms with Gasteiger partial charge in [0, 0.05) is 37.2 Å². The summed E-state index contributed by atoms with van der Waals surface area (Å²) in [7, 11) is 0. The van der Waals surface area contributed by atoms with Crippen LogP contribution < -0.4 is 5.32 Å². The van der Waals surface area contributed by atoms with Crippen LogP contribution in [0.2, 0.25) is 0 Å². The predicted octanol–water partition coefficient (Wildman–Crippen LogP) is 8.41. The minimum absolute atomic E-state index is 0.0152. The maximum Gasteiger partial charge on any atom is 0.271 e. The van der Waals surface area contributed by atoms with Crippen LogP contribution in [-0.2, 0) is 22.6 Å². The van der Waals surface area contributed by atoms with Crippen molar-refractivity contribution in [3.8, 4) is 11.1 Å². The zero-order valence-electron chi connectivity index (χ0n) is 31.2. The topological polar surface area (TPSA) is 96.8 Å². The number of rotatable bonds is 9. The molecule has 6 unspecified atom stereocenters. The summed E-state index contributed by atoms with van der Waals surface area (Å²) >= 11 is 0. The summed E-state index contributed by atoms with van der Waals surface area (Å²) in [5.74, 6) is -0.131. The van der Waals surface area contributed by atoms with Crippen LogP contribution in [0.5, 0.6) is 0 Å². The molecule has 0 radical (unpaired) electrons. The molecule has 8 nitrogen and oxygen atoms in total. The molecule has 3 aliphatic rings. The average molecular weight is 711 g/mol. The molecular weight excluding hydrogens is 661 g/mol. The van der Waals surface area contributed by atoms with Gasteiger partial charge in [-0.15, -0.1) is 0 Å². The number of amides is 1. The number of hydrogen-bond donors (Lipinski definition) is 2. The van der Waals surface area contributed by atoms with E-state index in [1.54, 1.807) is 0 Å². The lowest BCUT2D eigenvalue weighted by molar-refractivity contribution is -0.276. The second-order valence-electron chi connectivity index (χ2n) is 16.7. The fourth-order valence-electron chi connectivity index (χ4n) is 9.46. The van der Waals surface area contributed by atoms with E-state index in [2.05, 4.69) is 90.3 Å². The third-order valence-electron chi connectivity index (χ3n) is 11.7. The molecule has 3 heterocycles. The molecule has 274 valence electrons. The number of aromatic nitrogens is 2. The van der Waals surface area contributed by atoms with E-state index in [0.717, 1.165) is 52.0 Å². The Morgan fingerprint density at radius 3 is 2.38 bits per heavy atom. The van der Waals surface area contributed by atoms with Gasteiger partial charge in [-0.2, -0.15) is 0 Å². The lowest BCUT2D eigenvalue weighted by Crippen LogP contribution is -2.46. The first-order chi connectivity index (χ1) is 25.6. The van der Waals surface area contributed by atoms with Crippen molar-refractivity contribution in [2.75, 3.05) is 13.1 Å². The van der Waals surface area contributed by atoms with E-state index in [9.17, 15) is 9.90 Å². The van der Waals surface area contributed by atoms with Gasteiger partial charge in [0.1, 0.15) is 5.69 Å². The number of hydrogen-bond acceptors (Lipinski definition) is 7. The van der Waals surface area contributed by atoms with Gasteiger partial charge in [-0.1, -0.05) is 113 Å². The molecule has 2 bridgehead atoms. The standard InChI is InChI=1S/C45H50N4O4/c1-29-40(25-49-28-45(4)22-35(49)21-44(2,3)27-45)52-43(53-41(29)32-15-13-30(26-50)14-16-32)33-19-17-31(18-20-33)36-10-6-5-9-34(36)23-47-42(51)39-24-46-37-11-7-8-12-38(37)48-39/h5-20,24,29,35,40-41,43,50H,21-23,25-28H2,1-4H3,(H,47,51). The molecule has 2 saturated heterocycles. The number of aliphatic hydroxyl groups is 1. The Hall–Kier alpha value is -4.47. The third kappa shape index (κ3) is 7.51. The van der Waals surface area contributed by atoms with E-state index in [-0.39, 0.29) is 30.6 Å². The Bertz CT molecular complexity index is 2080. The largest absolute Gasteiger partial charge is 0.392 e. The number of ether oxygens (including phenoxy) is 2. The second kappa shape index (κ2) is 14.4. The first-order valence-electron chi connectivity index (χ1n) is 19.0. The Balaban J connectivity index is 1.01. The highest BCUT2D eigenvalue weighted by molar-refractivity contribution is 5.93. The van der Waals surface area contributed by atoms with Crippen molar-refractivity contribution < 1.29 is 19.4 Å². The van der Waals surface area contributed by atoms with Crippen LogP contribution in [0.4, 0.5) is 0 Å². The Morgan fingerprint density at radius 2 is 1.60 bits per heavy atom. The lowest BCUT2D eigenvalue weighted by atomic mass is 9.65. The van der Waals surface area contributed by atoms with E-state index in [0.29, 0.717) is 34.6 Å². The maximum absolute atomic E-state index is 13.1. The summed E-state index contributed by atoms with van der Waals surface area (Å²) in [5.41, 5.74) is 8.48. The molecule has 3 fully saturated rings. The van der Waals surface area contributed by atoms with Crippen LogP contribution in [0, 0.1) is 16.7 Å². The van der Waals surface area contributed by atoms with Crippen molar-refractivity contribution >= 4 is 16.9 Å². The van der Waals surface area contributed by atoms with Crippen LogP contribution in [-0.4, -0.2) is 51.1 Å². The van der Waals surface area contributed by atoms with Gasteiger partial charge in [0.2, 0.25) is 0 Å². The number of fused-ring (bicyclic) bond motifs is 3. The van der Waals surface area contributed by atoms with Gasteiger partial charge in [0.25, 0.3) is 5.91 Å². The van der Waals surface area contributed by atoms with Gasteiger partial charge in [0.15, 0.2) is 6.29 Å². The van der Waals surface area contributed by atoms with Crippen molar-refractivity contribution in [3.05, 3.63) is 131 Å². The SMILES string of the molecule is CC1C(CN2CC3(C)CC2CC(C)(C)C3)OC(c2ccc(-c3ccccc3CNC(=O)c3cnc4ccccc4n3)cc2)OC1c1ccc(CO)cc1. The molecule has 1 saturated carbocycles. The van der Waals surface area contributed by atoms with Gasteiger partial charge >= 0.3 is 0 Å². The zero-order chi connectivity index (χ0) is 36.7. The molecule has 5 aromatic rings. The molecular formula is C45H50N4O4. The monoisotopic (exact) mass is 710 g/mol. The van der Waals surface area contributed by atoms with Gasteiger partial charge < -0.3 is 19.9 Å². The number of benzene rings is 4. The van der Waals surface area contributed by atoms with Gasteiger partial charge in [-0.3, -0.25) is 14.7 Å². The normalized spacial score (nSPS) is 26.8.